The Morgan fingerprint density at radius 3 is 2.75 bits per heavy atom. The van der Waals surface area contributed by atoms with Gasteiger partial charge >= 0.3 is 0 Å². The molecule has 0 radical (unpaired) electrons. The molecule has 0 amide bonds. The number of allylic oxidation sites excluding steroid dienone is 1. The number of hydrogen-bond donors (Lipinski definition) is 0. The lowest BCUT2D eigenvalue weighted by Crippen LogP contribution is -2.12. The quantitative estimate of drug-likeness (QED) is 0.410. The van der Waals surface area contributed by atoms with Gasteiger partial charge in [0.2, 0.25) is 0 Å². The average Bonchev–Trinajstić information content (AvgIpc) is 1.64. The fraction of sp³-hybridized carbons (Fsp3) is 0.571. The van der Waals surface area contributed by atoms with Crippen molar-refractivity contribution in [3.8, 4) is 0 Å². The monoisotopic (exact) mass is 110 g/mol. The van der Waals surface area contributed by atoms with E-state index in [0.717, 1.165) is 0 Å². The van der Waals surface area contributed by atoms with Crippen LogP contribution in [0.5, 0.6) is 0 Å². The van der Waals surface area contributed by atoms with Crippen LogP contribution in [-0.4, -0.2) is 24.4 Å². The van der Waals surface area contributed by atoms with Crippen molar-refractivity contribution in [3.05, 3.63) is 11.6 Å². The van der Waals surface area contributed by atoms with Gasteiger partial charge in [0, 0.05) is 12.0 Å². The van der Waals surface area contributed by atoms with Gasteiger partial charge < -0.3 is 0 Å². The third-order valence-corrected chi connectivity index (χ3v) is 1.37. The van der Waals surface area contributed by atoms with E-state index in [1.165, 1.54) is 18.5 Å². The number of hydrogen-bond acceptors (Lipinski definition) is 0. The molecular formula is C7H12N+. The third kappa shape index (κ3) is 1.19. The molecule has 1 aliphatic heterocycles. The Balaban J connectivity index is 2.69. The van der Waals surface area contributed by atoms with Gasteiger partial charge in [-0.25, -0.2) is 4.58 Å². The van der Waals surface area contributed by atoms with Gasteiger partial charge in [0.15, 0.2) is 6.21 Å². The van der Waals surface area contributed by atoms with Gasteiger partial charge in [0.1, 0.15) is 13.6 Å². The zero-order valence-electron chi connectivity index (χ0n) is 5.52. The van der Waals surface area contributed by atoms with Crippen LogP contribution in [0.2, 0.25) is 0 Å². The van der Waals surface area contributed by atoms with E-state index < -0.39 is 0 Å². The lowest BCUT2D eigenvalue weighted by Gasteiger charge is -1.99. The summed E-state index contributed by atoms with van der Waals surface area (Å²) in [6.45, 7) is 3.31. The minimum atomic E-state index is 1.18. The van der Waals surface area contributed by atoms with Crippen molar-refractivity contribution >= 4 is 6.21 Å². The van der Waals surface area contributed by atoms with E-state index >= 15 is 0 Å². The summed E-state index contributed by atoms with van der Waals surface area (Å²) in [6.07, 6.45) is 5.64. The third-order valence-electron chi connectivity index (χ3n) is 1.37. The highest BCUT2D eigenvalue weighted by atomic mass is 14.9. The highest BCUT2D eigenvalue weighted by Crippen LogP contribution is 1.96. The molecule has 1 rings (SSSR count). The number of rotatable bonds is 0. The van der Waals surface area contributed by atoms with Crippen LogP contribution in [0.3, 0.4) is 0 Å². The maximum absolute atomic E-state index is 2.26. The Bertz CT molecular complexity index is 142. The highest BCUT2D eigenvalue weighted by Gasteiger charge is 2.00. The molecule has 0 saturated carbocycles. The molecule has 44 valence electrons. The smallest absolute Gasteiger partial charge is 0.165 e. The summed E-state index contributed by atoms with van der Waals surface area (Å²) in [5, 5.41) is 0. The largest absolute Gasteiger partial charge is 0.238 e. The zero-order valence-corrected chi connectivity index (χ0v) is 5.52. The molecule has 0 aliphatic carbocycles. The van der Waals surface area contributed by atoms with Crippen molar-refractivity contribution in [1.82, 2.24) is 0 Å². The first-order chi connectivity index (χ1) is 3.79. The van der Waals surface area contributed by atoms with Gasteiger partial charge in [0.25, 0.3) is 0 Å². The molecule has 1 heteroatoms. The van der Waals surface area contributed by atoms with Crippen LogP contribution in [0.1, 0.15) is 13.3 Å². The normalized spacial score (nSPS) is 19.8. The second kappa shape index (κ2) is 2.12. The van der Waals surface area contributed by atoms with E-state index in [1.54, 1.807) is 0 Å². The summed E-state index contributed by atoms with van der Waals surface area (Å²) in [5.74, 6) is 0. The molecule has 1 nitrogen and oxygen atoms in total. The van der Waals surface area contributed by atoms with Crippen molar-refractivity contribution in [1.29, 1.82) is 0 Å². The first-order valence-corrected chi connectivity index (χ1v) is 3.01. The predicted octanol–water partition coefficient (Wildman–Crippen LogP) is 1.05. The van der Waals surface area contributed by atoms with Crippen molar-refractivity contribution < 1.29 is 4.58 Å². The van der Waals surface area contributed by atoms with E-state index in [9.17, 15) is 0 Å². The average molecular weight is 110 g/mol. The first-order valence-electron chi connectivity index (χ1n) is 3.01. The van der Waals surface area contributed by atoms with E-state index in [2.05, 4.69) is 30.8 Å². The Hall–Kier alpha value is -0.590. The van der Waals surface area contributed by atoms with E-state index in [4.69, 9.17) is 0 Å². The van der Waals surface area contributed by atoms with Gasteiger partial charge in [-0.1, -0.05) is 6.08 Å². The maximum Gasteiger partial charge on any atom is 0.165 e. The molecule has 0 bridgehead atoms. The van der Waals surface area contributed by atoms with Crippen LogP contribution in [-0.2, 0) is 0 Å². The highest BCUT2D eigenvalue weighted by molar-refractivity contribution is 5.73. The van der Waals surface area contributed by atoms with Crippen LogP contribution in [0.15, 0.2) is 11.6 Å². The Labute approximate surface area is 50.3 Å². The van der Waals surface area contributed by atoms with E-state index in [0.29, 0.717) is 0 Å². The van der Waals surface area contributed by atoms with Crippen LogP contribution in [0, 0.1) is 0 Å². The molecule has 0 aromatic carbocycles. The minimum Gasteiger partial charge on any atom is -0.238 e. The van der Waals surface area contributed by atoms with Crippen LogP contribution in [0.25, 0.3) is 0 Å². The Morgan fingerprint density at radius 1 is 1.62 bits per heavy atom. The van der Waals surface area contributed by atoms with Crippen molar-refractivity contribution in [2.75, 3.05) is 13.6 Å². The minimum absolute atomic E-state index is 1.18. The van der Waals surface area contributed by atoms with Gasteiger partial charge in [-0.15, -0.1) is 0 Å². The Morgan fingerprint density at radius 2 is 2.38 bits per heavy atom. The van der Waals surface area contributed by atoms with Crippen molar-refractivity contribution in [3.63, 3.8) is 0 Å². The SMILES string of the molecule is CC1=CCC[N+](C)=C1. The summed E-state index contributed by atoms with van der Waals surface area (Å²) in [6, 6.07) is 0. The second-order valence-electron chi connectivity index (χ2n) is 2.35. The summed E-state index contributed by atoms with van der Waals surface area (Å²) in [7, 11) is 2.11. The van der Waals surface area contributed by atoms with Crippen LogP contribution >= 0.6 is 0 Å². The lowest BCUT2D eigenvalue weighted by atomic mass is 10.2. The molecule has 0 spiro atoms. The molecule has 0 atom stereocenters. The fourth-order valence-corrected chi connectivity index (χ4v) is 0.961. The molecule has 0 aromatic rings. The molecule has 0 unspecified atom stereocenters. The van der Waals surface area contributed by atoms with Gasteiger partial charge in [-0.2, -0.15) is 0 Å². The maximum atomic E-state index is 2.26. The number of nitrogens with zero attached hydrogens (tertiary/aromatic N) is 1. The summed E-state index contributed by atoms with van der Waals surface area (Å²) in [4.78, 5) is 0. The lowest BCUT2D eigenvalue weighted by molar-refractivity contribution is -0.492. The molecule has 0 aromatic heterocycles. The van der Waals surface area contributed by atoms with Crippen molar-refractivity contribution in [2.45, 2.75) is 13.3 Å². The zero-order chi connectivity index (χ0) is 5.98. The van der Waals surface area contributed by atoms with Crippen LogP contribution < -0.4 is 0 Å². The molecule has 1 aliphatic rings. The van der Waals surface area contributed by atoms with Gasteiger partial charge in [-0.05, 0) is 6.92 Å². The van der Waals surface area contributed by atoms with E-state index in [-0.39, 0.29) is 0 Å². The predicted molar refractivity (Wildman–Crippen MR) is 35.5 cm³/mol. The summed E-state index contributed by atoms with van der Waals surface area (Å²) >= 11 is 0. The standard InChI is InChI=1S/C7H12N/c1-7-4-3-5-8(2)6-7/h4,6H,3,5H2,1-2H3/q+1. The topological polar surface area (TPSA) is 3.01 Å². The molecule has 8 heavy (non-hydrogen) atoms. The fourth-order valence-electron chi connectivity index (χ4n) is 0.961. The van der Waals surface area contributed by atoms with E-state index in [1.807, 2.05) is 0 Å². The van der Waals surface area contributed by atoms with Gasteiger partial charge in [-0.3, -0.25) is 0 Å². The molecule has 1 heterocycles. The summed E-state index contributed by atoms with van der Waals surface area (Å²) in [5.41, 5.74) is 1.39. The first kappa shape index (κ1) is 5.54. The second-order valence-corrected chi connectivity index (χ2v) is 2.35. The molecule has 0 saturated heterocycles. The summed E-state index contributed by atoms with van der Waals surface area (Å²) < 4.78 is 2.22. The molecule has 0 N–H and O–H groups in total. The van der Waals surface area contributed by atoms with Gasteiger partial charge in [0.05, 0.1) is 0 Å². The Kier molecular flexibility index (Phi) is 1.47. The molecular weight excluding hydrogens is 98.1 g/mol. The van der Waals surface area contributed by atoms with Crippen LogP contribution in [0.4, 0.5) is 0 Å². The van der Waals surface area contributed by atoms with Crippen molar-refractivity contribution in [2.24, 2.45) is 0 Å². The molecule has 0 fully saturated rings.